The van der Waals surface area contributed by atoms with Crippen molar-refractivity contribution in [1.29, 1.82) is 0 Å². The number of nitrogens with zero attached hydrogens (tertiary/aromatic N) is 1. The molecule has 0 spiro atoms. The van der Waals surface area contributed by atoms with E-state index in [4.69, 9.17) is 9.47 Å². The summed E-state index contributed by atoms with van der Waals surface area (Å²) in [7, 11) is 0. The lowest BCUT2D eigenvalue weighted by molar-refractivity contribution is -0.205. The highest BCUT2D eigenvalue weighted by molar-refractivity contribution is 8.01. The Hall–Kier alpha value is -2.26. The van der Waals surface area contributed by atoms with E-state index in [0.29, 0.717) is 6.61 Å². The van der Waals surface area contributed by atoms with Crippen molar-refractivity contribution in [2.75, 3.05) is 13.2 Å². The summed E-state index contributed by atoms with van der Waals surface area (Å²) in [6.07, 6.45) is 0.0671. The Morgan fingerprint density at radius 2 is 1.86 bits per heavy atom. The summed E-state index contributed by atoms with van der Waals surface area (Å²) in [5.41, 5.74) is -0.771. The first-order chi connectivity index (χ1) is 13.7. The quantitative estimate of drug-likeness (QED) is 0.484. The molecule has 0 aliphatic carbocycles. The molecule has 2 fully saturated rings. The van der Waals surface area contributed by atoms with E-state index in [9.17, 15) is 19.5 Å². The summed E-state index contributed by atoms with van der Waals surface area (Å²) in [6, 6.07) is 6.18. The minimum atomic E-state index is -1.54. The van der Waals surface area contributed by atoms with Gasteiger partial charge in [0, 0.05) is 11.4 Å². The Balaban J connectivity index is 1.76. The second-order valence-electron chi connectivity index (χ2n) is 7.50. The lowest BCUT2D eigenvalue weighted by Gasteiger charge is -2.52. The molecule has 0 aromatic heterocycles. The smallest absolute Gasteiger partial charge is 0.327 e. The second kappa shape index (κ2) is 7.87. The first-order valence-electron chi connectivity index (χ1n) is 9.56. The number of hydrogen-bond donors (Lipinski definition) is 2. The van der Waals surface area contributed by atoms with Crippen molar-refractivity contribution >= 4 is 29.5 Å². The Morgan fingerprint density at radius 1 is 1.21 bits per heavy atom. The number of carbonyl (C=O) groups is 3. The van der Waals surface area contributed by atoms with Gasteiger partial charge in [0.15, 0.2) is 0 Å². The van der Waals surface area contributed by atoms with Crippen LogP contribution in [0.1, 0.15) is 33.3 Å². The highest BCUT2D eigenvalue weighted by Crippen LogP contribution is 2.55. The summed E-state index contributed by atoms with van der Waals surface area (Å²) < 4.78 is 10.4. The van der Waals surface area contributed by atoms with Crippen LogP contribution in [-0.4, -0.2) is 62.9 Å². The maximum absolute atomic E-state index is 13.0. The highest BCUT2D eigenvalue weighted by atomic mass is 32.2. The van der Waals surface area contributed by atoms with Crippen molar-refractivity contribution < 1.29 is 29.0 Å². The lowest BCUT2D eigenvalue weighted by Crippen LogP contribution is -2.80. The predicted molar refractivity (Wildman–Crippen MR) is 108 cm³/mol. The summed E-state index contributed by atoms with van der Waals surface area (Å²) >= 11 is 1.33. The molecule has 2 amide bonds. The van der Waals surface area contributed by atoms with Crippen molar-refractivity contribution in [2.45, 2.75) is 56.0 Å². The molecule has 1 aromatic rings. The van der Waals surface area contributed by atoms with Crippen LogP contribution in [0, 0.1) is 0 Å². The summed E-state index contributed by atoms with van der Waals surface area (Å²) in [5.74, 6) is -1.23. The summed E-state index contributed by atoms with van der Waals surface area (Å²) in [5, 5.41) is 11.7. The molecule has 1 unspecified atom stereocenters. The number of amides is 2. The fraction of sp³-hybridized carbons (Fsp3) is 0.550. The van der Waals surface area contributed by atoms with Gasteiger partial charge in [-0.15, -0.1) is 11.8 Å². The van der Waals surface area contributed by atoms with E-state index in [2.05, 4.69) is 5.32 Å². The molecule has 9 heteroatoms. The van der Waals surface area contributed by atoms with Crippen molar-refractivity contribution in [3.63, 3.8) is 0 Å². The van der Waals surface area contributed by atoms with Crippen LogP contribution >= 0.6 is 11.8 Å². The zero-order chi connectivity index (χ0) is 21.4. The van der Waals surface area contributed by atoms with Gasteiger partial charge in [-0.25, -0.2) is 4.79 Å². The Labute approximate surface area is 173 Å². The minimum absolute atomic E-state index is 0.0671. The highest BCUT2D eigenvalue weighted by Gasteiger charge is 2.73. The van der Waals surface area contributed by atoms with Crippen LogP contribution in [-0.2, 0) is 25.5 Å². The van der Waals surface area contributed by atoms with E-state index in [1.54, 1.807) is 45.0 Å². The van der Waals surface area contributed by atoms with Crippen LogP contribution < -0.4 is 10.1 Å². The summed E-state index contributed by atoms with van der Waals surface area (Å²) in [4.78, 5) is 38.7. The number of benzene rings is 1. The van der Waals surface area contributed by atoms with Gasteiger partial charge in [-0.05, 0) is 45.4 Å². The maximum Gasteiger partial charge on any atom is 0.327 e. The first kappa shape index (κ1) is 21.4. The van der Waals surface area contributed by atoms with E-state index in [1.807, 2.05) is 6.92 Å². The van der Waals surface area contributed by atoms with Gasteiger partial charge >= 0.3 is 5.97 Å². The molecule has 2 aliphatic rings. The Kier molecular flexibility index (Phi) is 5.82. The normalized spacial score (nSPS) is 27.2. The van der Waals surface area contributed by atoms with Gasteiger partial charge in [0.1, 0.15) is 17.2 Å². The number of β-lactam (4-membered cyclic amide) rings is 1. The zero-order valence-corrected chi connectivity index (χ0v) is 17.7. The number of nitrogens with one attached hydrogen (secondary N) is 1. The van der Waals surface area contributed by atoms with Crippen LogP contribution in [0.4, 0.5) is 0 Å². The second-order valence-corrected chi connectivity index (χ2v) is 9.23. The summed E-state index contributed by atoms with van der Waals surface area (Å²) in [6.45, 7) is 7.95. The molecule has 3 rings (SSSR count). The molecular formula is C20H26N2O6S. The third kappa shape index (κ3) is 3.69. The average molecular weight is 423 g/mol. The van der Waals surface area contributed by atoms with Crippen LogP contribution in [0.2, 0.25) is 0 Å². The standard InChI is InChI=1S/C20H26N2O6S/c1-5-27-13-9-7-12(8-10-13)11-14(23)21-20(28-6-2)17(26)22-15(16(24)25)19(3,4)29-18(20)22/h7-10,15,18H,5-6,11H2,1-4H3,(H,21,23)(H,24,25)/t15-,18+,20?/m0/s1. The molecule has 2 aliphatic heterocycles. The molecular weight excluding hydrogens is 396 g/mol. The molecule has 2 N–H and O–H groups in total. The lowest BCUT2D eigenvalue weighted by atomic mass is 9.93. The molecule has 0 saturated carbocycles. The number of carboxylic acid groups (broad SMARTS) is 1. The van der Waals surface area contributed by atoms with Crippen molar-refractivity contribution in [3.8, 4) is 5.75 Å². The van der Waals surface area contributed by atoms with Crippen LogP contribution in [0.25, 0.3) is 0 Å². The number of ether oxygens (including phenoxy) is 2. The SMILES string of the molecule is CCOc1ccc(CC(=O)NC2(OCC)C(=O)N3[C@@H](C(=O)O)C(C)(C)S[C@@H]32)cc1. The van der Waals surface area contributed by atoms with Gasteiger partial charge < -0.3 is 24.8 Å². The number of hydrogen-bond acceptors (Lipinski definition) is 6. The van der Waals surface area contributed by atoms with Gasteiger partial charge in [0.05, 0.1) is 13.0 Å². The van der Waals surface area contributed by atoms with Gasteiger partial charge in [0.25, 0.3) is 11.6 Å². The van der Waals surface area contributed by atoms with E-state index < -0.39 is 33.8 Å². The van der Waals surface area contributed by atoms with Gasteiger partial charge in [0.2, 0.25) is 5.91 Å². The van der Waals surface area contributed by atoms with Gasteiger partial charge in [-0.1, -0.05) is 12.1 Å². The molecule has 0 bridgehead atoms. The van der Waals surface area contributed by atoms with E-state index >= 15 is 0 Å². The Bertz CT molecular complexity index is 812. The molecule has 3 atom stereocenters. The minimum Gasteiger partial charge on any atom is -0.494 e. The first-order valence-corrected chi connectivity index (χ1v) is 10.4. The molecule has 1 aromatic carbocycles. The van der Waals surface area contributed by atoms with Crippen molar-refractivity contribution in [2.24, 2.45) is 0 Å². The van der Waals surface area contributed by atoms with Gasteiger partial charge in [-0.2, -0.15) is 0 Å². The molecule has 2 heterocycles. The Morgan fingerprint density at radius 3 is 2.41 bits per heavy atom. The number of fused-ring (bicyclic) bond motifs is 1. The molecule has 2 saturated heterocycles. The number of thioether (sulfide) groups is 1. The third-order valence-electron chi connectivity index (χ3n) is 5.03. The number of rotatable bonds is 8. The topological polar surface area (TPSA) is 105 Å². The zero-order valence-electron chi connectivity index (χ0n) is 16.9. The fourth-order valence-electron chi connectivity index (χ4n) is 3.85. The van der Waals surface area contributed by atoms with Crippen LogP contribution in [0.15, 0.2) is 24.3 Å². The molecule has 8 nitrogen and oxygen atoms in total. The molecule has 158 valence electrons. The van der Waals surface area contributed by atoms with Crippen LogP contribution in [0.3, 0.4) is 0 Å². The van der Waals surface area contributed by atoms with E-state index in [-0.39, 0.29) is 18.9 Å². The monoisotopic (exact) mass is 422 g/mol. The van der Waals surface area contributed by atoms with Crippen molar-refractivity contribution in [1.82, 2.24) is 10.2 Å². The van der Waals surface area contributed by atoms with Crippen LogP contribution in [0.5, 0.6) is 5.75 Å². The third-order valence-corrected chi connectivity index (χ3v) is 6.65. The molecule has 29 heavy (non-hydrogen) atoms. The number of carboxylic acids is 1. The number of carbonyl (C=O) groups excluding carboxylic acids is 2. The maximum atomic E-state index is 13.0. The van der Waals surface area contributed by atoms with E-state index in [0.717, 1.165) is 11.3 Å². The average Bonchev–Trinajstić information content (AvgIpc) is 2.92. The molecule has 0 radical (unpaired) electrons. The van der Waals surface area contributed by atoms with E-state index in [1.165, 1.54) is 16.7 Å². The van der Waals surface area contributed by atoms with Crippen molar-refractivity contribution in [3.05, 3.63) is 29.8 Å². The fourth-order valence-corrected chi connectivity index (χ4v) is 5.49. The largest absolute Gasteiger partial charge is 0.494 e. The van der Waals surface area contributed by atoms with Gasteiger partial charge in [-0.3, -0.25) is 9.59 Å². The predicted octanol–water partition coefficient (Wildman–Crippen LogP) is 1.62. The number of aliphatic carboxylic acids is 1.